The van der Waals surface area contributed by atoms with Crippen molar-refractivity contribution in [1.29, 1.82) is 0 Å². The maximum Gasteiger partial charge on any atom is 0.229 e. The first-order valence-electron chi connectivity index (χ1n) is 6.33. The Balaban J connectivity index is 1.96. The van der Waals surface area contributed by atoms with Gasteiger partial charge >= 0.3 is 0 Å². The molecule has 0 aliphatic heterocycles. The lowest BCUT2D eigenvalue weighted by Gasteiger charge is -2.12. The Morgan fingerprint density at radius 2 is 1.79 bits per heavy atom. The summed E-state index contributed by atoms with van der Waals surface area (Å²) in [7, 11) is 3.84. The van der Waals surface area contributed by atoms with Crippen LogP contribution in [0.2, 0.25) is 0 Å². The molecule has 5 heteroatoms. The van der Waals surface area contributed by atoms with Gasteiger partial charge in [0.25, 0.3) is 0 Å². The van der Waals surface area contributed by atoms with Gasteiger partial charge in [0.15, 0.2) is 0 Å². The van der Waals surface area contributed by atoms with Gasteiger partial charge in [0.2, 0.25) is 11.9 Å². The molecule has 2 aromatic rings. The molecule has 0 saturated heterocycles. The SMILES string of the molecule is Cc1nc(NCCc2ccccc2)nc(N(C)C)n1. The molecule has 100 valence electrons. The molecular formula is C14H19N5. The van der Waals surface area contributed by atoms with Crippen LogP contribution in [0.5, 0.6) is 0 Å². The molecule has 1 N–H and O–H groups in total. The Hall–Kier alpha value is -2.17. The number of nitrogens with zero attached hydrogens (tertiary/aromatic N) is 4. The van der Waals surface area contributed by atoms with Gasteiger partial charge in [0, 0.05) is 20.6 Å². The van der Waals surface area contributed by atoms with E-state index in [0.717, 1.165) is 18.8 Å². The third kappa shape index (κ3) is 3.91. The molecule has 0 atom stereocenters. The number of hydrogen-bond donors (Lipinski definition) is 1. The van der Waals surface area contributed by atoms with Gasteiger partial charge < -0.3 is 10.2 Å². The van der Waals surface area contributed by atoms with Gasteiger partial charge in [0.05, 0.1) is 0 Å². The minimum absolute atomic E-state index is 0.632. The van der Waals surface area contributed by atoms with E-state index in [2.05, 4.69) is 32.4 Å². The highest BCUT2D eigenvalue weighted by atomic mass is 15.3. The lowest BCUT2D eigenvalue weighted by Crippen LogP contribution is -2.16. The molecule has 0 fully saturated rings. The van der Waals surface area contributed by atoms with Crippen molar-refractivity contribution in [3.63, 3.8) is 0 Å². The van der Waals surface area contributed by atoms with Gasteiger partial charge in [-0.05, 0) is 18.9 Å². The molecule has 0 amide bonds. The Labute approximate surface area is 113 Å². The molecule has 2 rings (SSSR count). The average molecular weight is 257 g/mol. The summed E-state index contributed by atoms with van der Waals surface area (Å²) in [4.78, 5) is 14.8. The molecule has 0 bridgehead atoms. The van der Waals surface area contributed by atoms with Crippen LogP contribution in [0, 0.1) is 6.92 Å². The zero-order valence-electron chi connectivity index (χ0n) is 11.6. The van der Waals surface area contributed by atoms with Crippen molar-refractivity contribution in [2.24, 2.45) is 0 Å². The maximum absolute atomic E-state index is 4.36. The molecule has 5 nitrogen and oxygen atoms in total. The average Bonchev–Trinajstić information content (AvgIpc) is 2.39. The molecule has 1 aromatic carbocycles. The molecule has 1 heterocycles. The van der Waals surface area contributed by atoms with E-state index < -0.39 is 0 Å². The van der Waals surface area contributed by atoms with Crippen molar-refractivity contribution in [2.45, 2.75) is 13.3 Å². The summed E-state index contributed by atoms with van der Waals surface area (Å²) in [5.74, 6) is 2.03. The van der Waals surface area contributed by atoms with Gasteiger partial charge in [-0.15, -0.1) is 0 Å². The second kappa shape index (κ2) is 6.13. The second-order valence-electron chi connectivity index (χ2n) is 4.56. The van der Waals surface area contributed by atoms with Gasteiger partial charge in [-0.2, -0.15) is 15.0 Å². The van der Waals surface area contributed by atoms with Crippen LogP contribution in [0.3, 0.4) is 0 Å². The quantitative estimate of drug-likeness (QED) is 0.886. The smallest absolute Gasteiger partial charge is 0.229 e. The number of aryl methyl sites for hydroxylation is 1. The highest BCUT2D eigenvalue weighted by Gasteiger charge is 2.04. The van der Waals surface area contributed by atoms with E-state index in [-0.39, 0.29) is 0 Å². The van der Waals surface area contributed by atoms with E-state index >= 15 is 0 Å². The van der Waals surface area contributed by atoms with Crippen LogP contribution in [0.15, 0.2) is 30.3 Å². The predicted molar refractivity (Wildman–Crippen MR) is 77.5 cm³/mol. The summed E-state index contributed by atoms with van der Waals surface area (Å²) in [6, 6.07) is 10.4. The van der Waals surface area contributed by atoms with Crippen LogP contribution >= 0.6 is 0 Å². The maximum atomic E-state index is 4.36. The molecule has 0 aliphatic carbocycles. The molecule has 19 heavy (non-hydrogen) atoms. The van der Waals surface area contributed by atoms with E-state index in [1.165, 1.54) is 5.56 Å². The van der Waals surface area contributed by atoms with Gasteiger partial charge in [0.1, 0.15) is 5.82 Å². The largest absolute Gasteiger partial charge is 0.354 e. The van der Waals surface area contributed by atoms with Gasteiger partial charge in [-0.3, -0.25) is 0 Å². The van der Waals surface area contributed by atoms with E-state index in [0.29, 0.717) is 11.9 Å². The van der Waals surface area contributed by atoms with Crippen LogP contribution in [0.1, 0.15) is 11.4 Å². The predicted octanol–water partition coefficient (Wildman–Crippen LogP) is 1.90. The summed E-state index contributed by atoms with van der Waals surface area (Å²) >= 11 is 0. The zero-order valence-corrected chi connectivity index (χ0v) is 11.6. The first kappa shape index (κ1) is 13.3. The summed E-state index contributed by atoms with van der Waals surface area (Å²) < 4.78 is 0. The van der Waals surface area contributed by atoms with Crippen LogP contribution in [-0.2, 0) is 6.42 Å². The molecular weight excluding hydrogens is 238 g/mol. The third-order valence-corrected chi connectivity index (χ3v) is 2.68. The highest BCUT2D eigenvalue weighted by Crippen LogP contribution is 2.07. The van der Waals surface area contributed by atoms with Crippen molar-refractivity contribution in [3.05, 3.63) is 41.7 Å². The fraction of sp³-hybridized carbons (Fsp3) is 0.357. The normalized spacial score (nSPS) is 10.3. The van der Waals surface area contributed by atoms with Crippen LogP contribution < -0.4 is 10.2 Å². The first-order chi connectivity index (χ1) is 9.15. The number of hydrogen-bond acceptors (Lipinski definition) is 5. The van der Waals surface area contributed by atoms with Crippen molar-refractivity contribution < 1.29 is 0 Å². The molecule has 0 aliphatic rings. The number of benzene rings is 1. The molecule has 0 radical (unpaired) electrons. The van der Waals surface area contributed by atoms with Crippen LogP contribution in [0.4, 0.5) is 11.9 Å². The highest BCUT2D eigenvalue weighted by molar-refractivity contribution is 5.35. The van der Waals surface area contributed by atoms with E-state index in [4.69, 9.17) is 0 Å². The number of rotatable bonds is 5. The molecule has 0 unspecified atom stereocenters. The van der Waals surface area contributed by atoms with Gasteiger partial charge in [-0.1, -0.05) is 30.3 Å². The van der Waals surface area contributed by atoms with Crippen molar-refractivity contribution in [1.82, 2.24) is 15.0 Å². The Morgan fingerprint density at radius 1 is 1.05 bits per heavy atom. The zero-order chi connectivity index (χ0) is 13.7. The van der Waals surface area contributed by atoms with E-state index in [9.17, 15) is 0 Å². The summed E-state index contributed by atoms with van der Waals surface area (Å²) in [5, 5.41) is 3.24. The minimum atomic E-state index is 0.632. The third-order valence-electron chi connectivity index (χ3n) is 2.68. The van der Waals surface area contributed by atoms with Crippen molar-refractivity contribution >= 4 is 11.9 Å². The van der Waals surface area contributed by atoms with Crippen molar-refractivity contribution in [3.8, 4) is 0 Å². The van der Waals surface area contributed by atoms with Crippen LogP contribution in [0.25, 0.3) is 0 Å². The summed E-state index contributed by atoms with van der Waals surface area (Å²) in [6.07, 6.45) is 0.947. The molecule has 0 spiro atoms. The minimum Gasteiger partial charge on any atom is -0.354 e. The fourth-order valence-corrected chi connectivity index (χ4v) is 1.71. The standard InChI is InChI=1S/C14H19N5/c1-11-16-13(18-14(17-11)19(2)3)15-10-9-12-7-5-4-6-8-12/h4-8H,9-10H2,1-3H3,(H,15,16,17,18). The number of nitrogens with one attached hydrogen (secondary N) is 1. The van der Waals surface area contributed by atoms with E-state index in [1.807, 2.05) is 44.1 Å². The topological polar surface area (TPSA) is 53.9 Å². The second-order valence-corrected chi connectivity index (χ2v) is 4.56. The molecule has 0 saturated carbocycles. The monoisotopic (exact) mass is 257 g/mol. The summed E-state index contributed by atoms with van der Waals surface area (Å²) in [6.45, 7) is 2.68. The van der Waals surface area contributed by atoms with E-state index in [1.54, 1.807) is 0 Å². The van der Waals surface area contributed by atoms with Gasteiger partial charge in [-0.25, -0.2) is 0 Å². The fourth-order valence-electron chi connectivity index (χ4n) is 1.71. The number of anilines is 2. The molecule has 1 aromatic heterocycles. The first-order valence-corrected chi connectivity index (χ1v) is 6.33. The Bertz CT molecular complexity index is 525. The van der Waals surface area contributed by atoms with Crippen LogP contribution in [-0.4, -0.2) is 35.6 Å². The van der Waals surface area contributed by atoms with Crippen molar-refractivity contribution in [2.75, 3.05) is 30.9 Å². The lowest BCUT2D eigenvalue weighted by molar-refractivity contribution is 0.899. The lowest BCUT2D eigenvalue weighted by atomic mass is 10.1. The number of aromatic nitrogens is 3. The summed E-state index contributed by atoms with van der Waals surface area (Å²) in [5.41, 5.74) is 1.30. The Morgan fingerprint density at radius 3 is 2.47 bits per heavy atom. The Kier molecular flexibility index (Phi) is 4.28.